The van der Waals surface area contributed by atoms with Gasteiger partial charge in [-0.15, -0.1) is 0 Å². The highest BCUT2D eigenvalue weighted by molar-refractivity contribution is 6.30. The zero-order valence-corrected chi connectivity index (χ0v) is 6.42. The fraction of sp³-hybridized carbons (Fsp3) is 0.500. The Labute approximate surface area is 59.8 Å². The molecule has 0 heterocycles. The molecular weight excluding hydrogens is 143 g/mol. The van der Waals surface area contributed by atoms with Gasteiger partial charge in [-0.25, -0.2) is 0 Å². The minimum Gasteiger partial charge on any atom is -0.0924 e. The van der Waals surface area contributed by atoms with Crippen LogP contribution in [0.4, 0.5) is 0 Å². The van der Waals surface area contributed by atoms with Crippen molar-refractivity contribution in [2.24, 2.45) is 5.92 Å². The van der Waals surface area contributed by atoms with E-state index in [0.717, 1.165) is 0 Å². The molecule has 0 rings (SSSR count). The molecule has 0 bridgehead atoms. The molecule has 8 heavy (non-hydrogen) atoms. The summed E-state index contributed by atoms with van der Waals surface area (Å²) in [4.78, 5) is 0. The van der Waals surface area contributed by atoms with Gasteiger partial charge < -0.3 is 0 Å². The van der Waals surface area contributed by atoms with Gasteiger partial charge in [0.15, 0.2) is 0 Å². The Balaban J connectivity index is 4.01. The summed E-state index contributed by atoms with van der Waals surface area (Å²) in [6.07, 6.45) is 0. The van der Waals surface area contributed by atoms with Gasteiger partial charge in [0.05, 0.1) is 5.03 Å². The maximum absolute atomic E-state index is 5.61. The molecule has 0 saturated heterocycles. The second kappa shape index (κ2) is 4.03. The molecule has 2 heteroatoms. The Kier molecular flexibility index (Phi) is 4.08. The maximum Gasteiger partial charge on any atom is 0.0632 e. The van der Waals surface area contributed by atoms with Crippen LogP contribution in [0, 0.1) is 5.92 Å². The third-order valence-electron chi connectivity index (χ3n) is 0.699. The zero-order valence-electron chi connectivity index (χ0n) is 4.91. The first-order chi connectivity index (χ1) is 3.68. The van der Waals surface area contributed by atoms with Crippen LogP contribution in [-0.4, -0.2) is 0 Å². The minimum absolute atomic E-state index is 0.326. The van der Waals surface area contributed by atoms with Crippen molar-refractivity contribution >= 4 is 23.2 Å². The lowest BCUT2D eigenvalue weighted by Crippen LogP contribution is -1.81. The van der Waals surface area contributed by atoms with Crippen LogP contribution in [0.1, 0.15) is 13.8 Å². The molecule has 0 amide bonds. The quantitative estimate of drug-likeness (QED) is 0.505. The molecule has 0 N–H and O–H groups in total. The van der Waals surface area contributed by atoms with E-state index < -0.39 is 0 Å². The molecule has 0 aromatic rings. The van der Waals surface area contributed by atoms with Crippen LogP contribution in [0.5, 0.6) is 0 Å². The lowest BCUT2D eigenvalue weighted by atomic mass is 10.2. The molecule has 0 fully saturated rings. The minimum atomic E-state index is 0.326. The molecule has 0 unspecified atom stereocenters. The van der Waals surface area contributed by atoms with E-state index in [4.69, 9.17) is 23.2 Å². The van der Waals surface area contributed by atoms with E-state index in [1.54, 1.807) is 0 Å². The molecule has 0 aliphatic heterocycles. The second-order valence-corrected chi connectivity index (χ2v) is 2.38. The second-order valence-electron chi connectivity index (χ2n) is 1.76. The molecule has 0 aromatic heterocycles. The van der Waals surface area contributed by atoms with Crippen molar-refractivity contribution in [1.29, 1.82) is 0 Å². The predicted molar refractivity (Wildman–Crippen MR) is 38.1 cm³/mol. The fourth-order valence-corrected chi connectivity index (χ4v) is 0.447. The SMILES string of the molecule is CC(C)C(Cl)=C=CCl. The van der Waals surface area contributed by atoms with E-state index in [-0.39, 0.29) is 0 Å². The first kappa shape index (κ1) is 8.10. The van der Waals surface area contributed by atoms with Crippen molar-refractivity contribution in [3.05, 3.63) is 16.3 Å². The highest BCUT2D eigenvalue weighted by Gasteiger charge is 1.94. The van der Waals surface area contributed by atoms with Crippen molar-refractivity contribution in [3.8, 4) is 0 Å². The number of allylic oxidation sites excluding steroid dienone is 1. The summed E-state index contributed by atoms with van der Waals surface area (Å²) in [5.41, 5.74) is 3.96. The summed E-state index contributed by atoms with van der Waals surface area (Å²) in [5.74, 6) is 0.326. The van der Waals surface area contributed by atoms with Gasteiger partial charge in [0, 0.05) is 5.54 Å². The molecule has 0 atom stereocenters. The third kappa shape index (κ3) is 3.15. The van der Waals surface area contributed by atoms with Crippen LogP contribution in [0.25, 0.3) is 0 Å². The van der Waals surface area contributed by atoms with Crippen LogP contribution < -0.4 is 0 Å². The van der Waals surface area contributed by atoms with E-state index >= 15 is 0 Å². The Bertz CT molecular complexity index is 118. The highest BCUT2D eigenvalue weighted by atomic mass is 35.5. The average Bonchev–Trinajstić information content (AvgIpc) is 1.67. The number of hydrogen-bond acceptors (Lipinski definition) is 0. The van der Waals surface area contributed by atoms with Gasteiger partial charge in [0.1, 0.15) is 0 Å². The number of halogens is 2. The Morgan fingerprint density at radius 3 is 2.25 bits per heavy atom. The first-order valence-corrected chi connectivity index (χ1v) is 3.20. The first-order valence-electron chi connectivity index (χ1n) is 2.39. The highest BCUT2D eigenvalue weighted by Crippen LogP contribution is 2.11. The van der Waals surface area contributed by atoms with Gasteiger partial charge in [0.2, 0.25) is 0 Å². The van der Waals surface area contributed by atoms with Gasteiger partial charge in [-0.3, -0.25) is 0 Å². The smallest absolute Gasteiger partial charge is 0.0632 e. The van der Waals surface area contributed by atoms with Crippen molar-refractivity contribution in [2.75, 3.05) is 0 Å². The van der Waals surface area contributed by atoms with Gasteiger partial charge >= 0.3 is 0 Å². The molecule has 0 spiro atoms. The predicted octanol–water partition coefficient (Wildman–Crippen LogP) is 3.12. The van der Waals surface area contributed by atoms with Crippen LogP contribution in [0.3, 0.4) is 0 Å². The van der Waals surface area contributed by atoms with E-state index in [1.165, 1.54) is 5.54 Å². The lowest BCUT2D eigenvalue weighted by Gasteiger charge is -1.94. The standard InChI is InChI=1S/C6H8Cl2/c1-5(2)6(8)3-4-7/h4-5H,1-2H3. The molecule has 0 saturated carbocycles. The summed E-state index contributed by atoms with van der Waals surface area (Å²) in [6.45, 7) is 3.96. The normalized spacial score (nSPS) is 8.62. The summed E-state index contributed by atoms with van der Waals surface area (Å²) in [6, 6.07) is 0. The monoisotopic (exact) mass is 150 g/mol. The van der Waals surface area contributed by atoms with Gasteiger partial charge in [0.25, 0.3) is 0 Å². The van der Waals surface area contributed by atoms with Crippen LogP contribution in [0.15, 0.2) is 16.3 Å². The molecular formula is C6H8Cl2. The number of rotatable bonds is 1. The molecule has 0 nitrogen and oxygen atoms in total. The topological polar surface area (TPSA) is 0 Å². The van der Waals surface area contributed by atoms with E-state index in [2.05, 4.69) is 5.73 Å². The molecule has 0 aromatic carbocycles. The maximum atomic E-state index is 5.61. The largest absolute Gasteiger partial charge is 0.0924 e. The van der Waals surface area contributed by atoms with Crippen LogP contribution in [0.2, 0.25) is 0 Å². The Morgan fingerprint density at radius 1 is 1.62 bits per heavy atom. The van der Waals surface area contributed by atoms with E-state index in [0.29, 0.717) is 11.0 Å². The summed E-state index contributed by atoms with van der Waals surface area (Å²) >= 11 is 10.8. The van der Waals surface area contributed by atoms with Crippen LogP contribution in [-0.2, 0) is 0 Å². The fourth-order valence-electron chi connectivity index (χ4n) is 0.219. The lowest BCUT2D eigenvalue weighted by molar-refractivity contribution is 0.815. The van der Waals surface area contributed by atoms with Gasteiger partial charge in [-0.05, 0) is 5.92 Å². The van der Waals surface area contributed by atoms with E-state index in [1.807, 2.05) is 13.8 Å². The Morgan fingerprint density at radius 2 is 2.12 bits per heavy atom. The summed E-state index contributed by atoms with van der Waals surface area (Å²) in [5, 5.41) is 0.667. The molecule has 0 radical (unpaired) electrons. The van der Waals surface area contributed by atoms with Crippen molar-refractivity contribution < 1.29 is 0 Å². The molecule has 0 aliphatic rings. The van der Waals surface area contributed by atoms with E-state index in [9.17, 15) is 0 Å². The summed E-state index contributed by atoms with van der Waals surface area (Å²) < 4.78 is 0. The van der Waals surface area contributed by atoms with Gasteiger partial charge in [-0.2, -0.15) is 0 Å². The molecule has 0 aliphatic carbocycles. The van der Waals surface area contributed by atoms with Crippen LogP contribution >= 0.6 is 23.2 Å². The number of hydrogen-bond donors (Lipinski definition) is 0. The summed E-state index contributed by atoms with van der Waals surface area (Å²) in [7, 11) is 0. The van der Waals surface area contributed by atoms with Crippen molar-refractivity contribution in [1.82, 2.24) is 0 Å². The van der Waals surface area contributed by atoms with Gasteiger partial charge in [-0.1, -0.05) is 42.8 Å². The third-order valence-corrected chi connectivity index (χ3v) is 1.35. The average molecular weight is 151 g/mol. The molecule has 46 valence electrons. The Hall–Kier alpha value is 0.1000. The van der Waals surface area contributed by atoms with Crippen molar-refractivity contribution in [2.45, 2.75) is 13.8 Å². The van der Waals surface area contributed by atoms with Crippen molar-refractivity contribution in [3.63, 3.8) is 0 Å². The zero-order chi connectivity index (χ0) is 6.57.